The van der Waals surface area contributed by atoms with E-state index in [1.807, 2.05) is 0 Å². The summed E-state index contributed by atoms with van der Waals surface area (Å²) in [6, 6.07) is 4.68. The Morgan fingerprint density at radius 2 is 2.31 bits per heavy atom. The number of aryl methyl sites for hydroxylation is 1. The molecule has 0 spiro atoms. The van der Waals surface area contributed by atoms with Gasteiger partial charge in [-0.2, -0.15) is 4.98 Å². The highest BCUT2D eigenvalue weighted by atomic mass is 19.1. The van der Waals surface area contributed by atoms with Crippen LogP contribution in [-0.4, -0.2) is 14.8 Å². The Bertz CT molecular complexity index is 497. The zero-order chi connectivity index (χ0) is 11.5. The second-order valence-corrected chi connectivity index (χ2v) is 3.22. The normalized spacial score (nSPS) is 10.4. The van der Waals surface area contributed by atoms with Crippen LogP contribution in [0.1, 0.15) is 5.56 Å². The third-order valence-corrected chi connectivity index (χ3v) is 2.06. The maximum Gasteiger partial charge on any atom is 0.340 e. The van der Waals surface area contributed by atoms with Gasteiger partial charge in [-0.05, 0) is 12.1 Å². The molecule has 1 heterocycles. The van der Waals surface area contributed by atoms with Crippen LogP contribution in [0.2, 0.25) is 0 Å². The number of benzene rings is 1. The van der Waals surface area contributed by atoms with E-state index in [1.54, 1.807) is 19.2 Å². The van der Waals surface area contributed by atoms with Crippen LogP contribution in [0.5, 0.6) is 11.8 Å². The summed E-state index contributed by atoms with van der Waals surface area (Å²) in [4.78, 5) is 3.88. The van der Waals surface area contributed by atoms with Crippen LogP contribution in [0, 0.1) is 5.82 Å². The fourth-order valence-electron chi connectivity index (χ4n) is 1.30. The summed E-state index contributed by atoms with van der Waals surface area (Å²) >= 11 is 0. The van der Waals surface area contributed by atoms with Crippen LogP contribution in [0.15, 0.2) is 24.5 Å². The lowest BCUT2D eigenvalue weighted by molar-refractivity contribution is 0.428. The van der Waals surface area contributed by atoms with Gasteiger partial charge in [0.2, 0.25) is 0 Å². The molecule has 0 atom stereocenters. The topological polar surface area (TPSA) is 66.0 Å². The molecule has 0 aliphatic carbocycles. The van der Waals surface area contributed by atoms with E-state index in [9.17, 15) is 4.39 Å². The molecule has 0 unspecified atom stereocenters. The van der Waals surface area contributed by atoms with Crippen molar-refractivity contribution < 1.29 is 9.13 Å². The summed E-state index contributed by atoms with van der Waals surface area (Å²) in [5.41, 5.74) is 5.76. The Morgan fingerprint density at radius 3 is 2.94 bits per heavy atom. The summed E-state index contributed by atoms with van der Waals surface area (Å²) in [5.74, 6) is -0.0513. The minimum atomic E-state index is -0.393. The molecule has 84 valence electrons. The third kappa shape index (κ3) is 2.01. The molecule has 5 nitrogen and oxygen atoms in total. The van der Waals surface area contributed by atoms with Crippen molar-refractivity contribution in [3.8, 4) is 11.8 Å². The van der Waals surface area contributed by atoms with E-state index in [4.69, 9.17) is 10.5 Å². The molecule has 2 rings (SSSR count). The van der Waals surface area contributed by atoms with Crippen LogP contribution in [0.4, 0.5) is 4.39 Å². The van der Waals surface area contributed by atoms with Gasteiger partial charge in [0.05, 0.1) is 0 Å². The Morgan fingerprint density at radius 1 is 1.50 bits per heavy atom. The Kier molecular flexibility index (Phi) is 2.82. The molecule has 2 aromatic rings. The first-order valence-corrected chi connectivity index (χ1v) is 4.71. The van der Waals surface area contributed by atoms with Crippen molar-refractivity contribution in [1.82, 2.24) is 14.8 Å². The van der Waals surface area contributed by atoms with E-state index in [0.29, 0.717) is 11.3 Å². The van der Waals surface area contributed by atoms with Crippen molar-refractivity contribution in [2.45, 2.75) is 6.54 Å². The van der Waals surface area contributed by atoms with Gasteiger partial charge in [-0.3, -0.25) is 4.68 Å². The van der Waals surface area contributed by atoms with E-state index >= 15 is 0 Å². The molecule has 6 heteroatoms. The van der Waals surface area contributed by atoms with Gasteiger partial charge >= 0.3 is 6.01 Å². The predicted octanol–water partition coefficient (Wildman–Crippen LogP) is 1.21. The number of nitrogens with zero attached hydrogens (tertiary/aromatic N) is 3. The van der Waals surface area contributed by atoms with Crippen LogP contribution in [0.3, 0.4) is 0 Å². The molecule has 0 radical (unpaired) electrons. The van der Waals surface area contributed by atoms with Crippen LogP contribution >= 0.6 is 0 Å². The average Bonchev–Trinajstić information content (AvgIpc) is 2.64. The minimum Gasteiger partial charge on any atom is -0.423 e. The first kappa shape index (κ1) is 10.6. The van der Waals surface area contributed by atoms with Crippen LogP contribution in [-0.2, 0) is 13.6 Å². The highest BCUT2D eigenvalue weighted by Gasteiger charge is 2.10. The van der Waals surface area contributed by atoms with E-state index < -0.39 is 5.82 Å². The van der Waals surface area contributed by atoms with Crippen molar-refractivity contribution in [1.29, 1.82) is 0 Å². The van der Waals surface area contributed by atoms with Gasteiger partial charge in [0.1, 0.15) is 17.9 Å². The molecule has 2 N–H and O–H groups in total. The van der Waals surface area contributed by atoms with Gasteiger partial charge in [-0.15, -0.1) is 5.10 Å². The Hall–Kier alpha value is -1.95. The number of aromatic nitrogens is 3. The number of hydrogen-bond donors (Lipinski definition) is 1. The maximum atomic E-state index is 13.4. The molecule has 0 saturated carbocycles. The second kappa shape index (κ2) is 4.28. The fourth-order valence-corrected chi connectivity index (χ4v) is 1.30. The monoisotopic (exact) mass is 222 g/mol. The van der Waals surface area contributed by atoms with Crippen LogP contribution < -0.4 is 10.5 Å². The highest BCUT2D eigenvalue weighted by molar-refractivity contribution is 5.36. The van der Waals surface area contributed by atoms with Crippen molar-refractivity contribution in [3.05, 3.63) is 35.9 Å². The Balaban J connectivity index is 2.30. The molecule has 0 aliphatic rings. The lowest BCUT2D eigenvalue weighted by Crippen LogP contribution is -2.03. The number of hydrogen-bond acceptors (Lipinski definition) is 4. The van der Waals surface area contributed by atoms with Crippen molar-refractivity contribution in [3.63, 3.8) is 0 Å². The first-order valence-electron chi connectivity index (χ1n) is 4.71. The number of rotatable bonds is 3. The van der Waals surface area contributed by atoms with Crippen molar-refractivity contribution in [2.75, 3.05) is 0 Å². The smallest absolute Gasteiger partial charge is 0.340 e. The predicted molar refractivity (Wildman–Crippen MR) is 55.4 cm³/mol. The average molecular weight is 222 g/mol. The molecule has 1 aromatic carbocycles. The fraction of sp³-hybridized carbons (Fsp3) is 0.200. The molecule has 0 saturated heterocycles. The zero-order valence-corrected chi connectivity index (χ0v) is 8.72. The van der Waals surface area contributed by atoms with Gasteiger partial charge in [-0.1, -0.05) is 6.07 Å². The third-order valence-electron chi connectivity index (χ3n) is 2.06. The number of halogens is 1. The van der Waals surface area contributed by atoms with E-state index in [2.05, 4.69) is 10.1 Å². The first-order chi connectivity index (χ1) is 7.70. The van der Waals surface area contributed by atoms with E-state index in [1.165, 1.54) is 17.1 Å². The maximum absolute atomic E-state index is 13.4. The molecule has 1 aromatic heterocycles. The molecular formula is C10H11FN4O. The number of nitrogens with two attached hydrogens (primary N) is 1. The van der Waals surface area contributed by atoms with Gasteiger partial charge in [-0.25, -0.2) is 4.39 Å². The van der Waals surface area contributed by atoms with Crippen molar-refractivity contribution in [2.24, 2.45) is 12.8 Å². The van der Waals surface area contributed by atoms with Gasteiger partial charge in [0, 0.05) is 19.2 Å². The van der Waals surface area contributed by atoms with E-state index in [-0.39, 0.29) is 12.6 Å². The van der Waals surface area contributed by atoms with Crippen molar-refractivity contribution >= 4 is 0 Å². The Labute approximate surface area is 91.7 Å². The molecule has 0 aliphatic heterocycles. The minimum absolute atomic E-state index is 0.0643. The summed E-state index contributed by atoms with van der Waals surface area (Å²) in [5, 5.41) is 3.93. The highest BCUT2D eigenvalue weighted by Crippen LogP contribution is 2.24. The SMILES string of the molecule is Cn1cnc(Oc2cccc(F)c2CN)n1. The quantitative estimate of drug-likeness (QED) is 0.847. The zero-order valence-electron chi connectivity index (χ0n) is 8.72. The van der Waals surface area contributed by atoms with Gasteiger partial charge in [0.25, 0.3) is 0 Å². The lowest BCUT2D eigenvalue weighted by Gasteiger charge is -2.07. The van der Waals surface area contributed by atoms with Gasteiger partial charge < -0.3 is 10.5 Å². The van der Waals surface area contributed by atoms with Gasteiger partial charge in [0.15, 0.2) is 0 Å². The summed E-state index contributed by atoms with van der Waals surface area (Å²) in [7, 11) is 1.72. The summed E-state index contributed by atoms with van der Waals surface area (Å²) in [6.45, 7) is 0.0643. The largest absolute Gasteiger partial charge is 0.423 e. The summed E-state index contributed by atoms with van der Waals surface area (Å²) < 4.78 is 20.2. The molecular weight excluding hydrogens is 211 g/mol. The standard InChI is InChI=1S/C10H11FN4O/c1-15-6-13-10(14-15)16-9-4-2-3-8(11)7(9)5-12/h2-4,6H,5,12H2,1H3. The molecule has 0 fully saturated rings. The summed E-state index contributed by atoms with van der Waals surface area (Å²) in [6.07, 6.45) is 1.50. The lowest BCUT2D eigenvalue weighted by atomic mass is 10.2. The van der Waals surface area contributed by atoms with Crippen LogP contribution in [0.25, 0.3) is 0 Å². The molecule has 16 heavy (non-hydrogen) atoms. The molecule has 0 amide bonds. The molecule has 0 bridgehead atoms. The van der Waals surface area contributed by atoms with E-state index in [0.717, 1.165) is 0 Å². The second-order valence-electron chi connectivity index (χ2n) is 3.22. The number of ether oxygens (including phenoxy) is 1.